The summed E-state index contributed by atoms with van der Waals surface area (Å²) in [5.74, 6) is -0.332. The zero-order valence-electron chi connectivity index (χ0n) is 12.9. The SMILES string of the molecule is CCc1cc(C(=O)N2CCC[C@H](C(=O)O)[C@@H]2C)oc1CC. The number of furan rings is 1. The average Bonchev–Trinajstić information content (AvgIpc) is 2.89. The van der Waals surface area contributed by atoms with E-state index < -0.39 is 11.9 Å². The first-order chi connectivity index (χ1) is 9.99. The van der Waals surface area contributed by atoms with Crippen molar-refractivity contribution in [2.45, 2.75) is 52.5 Å². The third kappa shape index (κ3) is 2.96. The van der Waals surface area contributed by atoms with Crippen LogP contribution in [0.15, 0.2) is 10.5 Å². The molecule has 1 aliphatic rings. The van der Waals surface area contributed by atoms with Crippen molar-refractivity contribution in [1.29, 1.82) is 0 Å². The first-order valence-electron chi connectivity index (χ1n) is 7.64. The van der Waals surface area contributed by atoms with Crippen LogP contribution in [0.1, 0.15) is 55.5 Å². The monoisotopic (exact) mass is 293 g/mol. The molecule has 0 saturated carbocycles. The molecule has 1 aromatic rings. The number of carboxylic acids is 1. The summed E-state index contributed by atoms with van der Waals surface area (Å²) >= 11 is 0. The van der Waals surface area contributed by atoms with E-state index in [4.69, 9.17) is 4.42 Å². The van der Waals surface area contributed by atoms with Gasteiger partial charge in [-0.05, 0) is 37.8 Å². The number of nitrogens with zero attached hydrogens (tertiary/aromatic N) is 1. The summed E-state index contributed by atoms with van der Waals surface area (Å²) in [4.78, 5) is 25.5. The summed E-state index contributed by atoms with van der Waals surface area (Å²) in [7, 11) is 0. The van der Waals surface area contributed by atoms with Gasteiger partial charge >= 0.3 is 5.97 Å². The van der Waals surface area contributed by atoms with E-state index in [1.54, 1.807) is 17.9 Å². The van der Waals surface area contributed by atoms with Crippen molar-refractivity contribution in [2.24, 2.45) is 5.92 Å². The van der Waals surface area contributed by atoms with Crippen molar-refractivity contribution in [3.05, 3.63) is 23.2 Å². The molecular formula is C16H23NO4. The Morgan fingerprint density at radius 3 is 2.62 bits per heavy atom. The molecule has 0 aliphatic carbocycles. The highest BCUT2D eigenvalue weighted by Crippen LogP contribution is 2.27. The number of rotatable bonds is 4. The molecule has 0 spiro atoms. The molecule has 2 rings (SSSR count). The van der Waals surface area contributed by atoms with Crippen molar-refractivity contribution in [1.82, 2.24) is 4.90 Å². The van der Waals surface area contributed by atoms with Gasteiger partial charge in [0.05, 0.1) is 5.92 Å². The van der Waals surface area contributed by atoms with E-state index in [9.17, 15) is 14.7 Å². The highest BCUT2D eigenvalue weighted by Gasteiger charge is 2.36. The molecule has 5 nitrogen and oxygen atoms in total. The number of amides is 1. The summed E-state index contributed by atoms with van der Waals surface area (Å²) < 4.78 is 5.68. The maximum atomic E-state index is 12.6. The molecule has 5 heteroatoms. The second-order valence-electron chi connectivity index (χ2n) is 5.59. The van der Waals surface area contributed by atoms with Crippen molar-refractivity contribution in [3.8, 4) is 0 Å². The number of aliphatic carboxylic acids is 1. The quantitative estimate of drug-likeness (QED) is 0.926. The fourth-order valence-corrected chi connectivity index (χ4v) is 3.07. The maximum Gasteiger partial charge on any atom is 0.308 e. The van der Waals surface area contributed by atoms with E-state index >= 15 is 0 Å². The second kappa shape index (κ2) is 6.33. The average molecular weight is 293 g/mol. The Kier molecular flexibility index (Phi) is 4.70. The standard InChI is InChI=1S/C16H23NO4/c1-4-11-9-14(21-13(11)5-2)15(18)17-8-6-7-12(10(17)3)16(19)20/h9-10,12H,4-8H2,1-3H3,(H,19,20)/t10-,12-/m0/s1. The Bertz CT molecular complexity index is 513. The predicted octanol–water partition coefficient (Wildman–Crippen LogP) is 2.73. The van der Waals surface area contributed by atoms with Crippen LogP contribution in [-0.2, 0) is 17.6 Å². The summed E-state index contributed by atoms with van der Waals surface area (Å²) in [6, 6.07) is 1.50. The third-order valence-corrected chi connectivity index (χ3v) is 4.38. The molecule has 21 heavy (non-hydrogen) atoms. The Morgan fingerprint density at radius 2 is 2.10 bits per heavy atom. The summed E-state index contributed by atoms with van der Waals surface area (Å²) in [5.41, 5.74) is 1.06. The molecule has 2 heterocycles. The third-order valence-electron chi connectivity index (χ3n) is 4.38. The van der Waals surface area contributed by atoms with Gasteiger partial charge in [-0.3, -0.25) is 9.59 Å². The minimum absolute atomic E-state index is 0.192. The molecule has 1 fully saturated rings. The van der Waals surface area contributed by atoms with Gasteiger partial charge in [0.25, 0.3) is 5.91 Å². The number of carbonyl (C=O) groups is 2. The molecule has 1 aliphatic heterocycles. The van der Waals surface area contributed by atoms with Gasteiger partial charge in [0.15, 0.2) is 5.76 Å². The van der Waals surface area contributed by atoms with Crippen LogP contribution in [0, 0.1) is 5.92 Å². The first kappa shape index (κ1) is 15.6. The molecule has 1 aromatic heterocycles. The van der Waals surface area contributed by atoms with E-state index in [0.717, 1.165) is 30.6 Å². The van der Waals surface area contributed by atoms with Gasteiger partial charge < -0.3 is 14.4 Å². The molecule has 1 saturated heterocycles. The predicted molar refractivity (Wildman–Crippen MR) is 78.3 cm³/mol. The van der Waals surface area contributed by atoms with Crippen LogP contribution in [0.2, 0.25) is 0 Å². The molecule has 1 amide bonds. The highest BCUT2D eigenvalue weighted by atomic mass is 16.4. The van der Waals surface area contributed by atoms with Crippen LogP contribution >= 0.6 is 0 Å². The number of carbonyl (C=O) groups excluding carboxylic acids is 1. The van der Waals surface area contributed by atoms with Crippen LogP contribution in [-0.4, -0.2) is 34.5 Å². The van der Waals surface area contributed by atoms with E-state index in [1.165, 1.54) is 0 Å². The molecular weight excluding hydrogens is 270 g/mol. The molecule has 0 aromatic carbocycles. The van der Waals surface area contributed by atoms with Gasteiger partial charge in [0.2, 0.25) is 0 Å². The number of hydrogen-bond donors (Lipinski definition) is 1. The topological polar surface area (TPSA) is 70.8 Å². The lowest BCUT2D eigenvalue weighted by Crippen LogP contribution is -2.49. The van der Waals surface area contributed by atoms with Crippen LogP contribution in [0.5, 0.6) is 0 Å². The molecule has 0 unspecified atom stereocenters. The van der Waals surface area contributed by atoms with Crippen molar-refractivity contribution >= 4 is 11.9 Å². The zero-order valence-corrected chi connectivity index (χ0v) is 12.9. The van der Waals surface area contributed by atoms with Gasteiger partial charge in [0.1, 0.15) is 5.76 Å². The molecule has 2 atom stereocenters. The second-order valence-corrected chi connectivity index (χ2v) is 5.59. The number of likely N-dealkylation sites (tertiary alicyclic amines) is 1. The maximum absolute atomic E-state index is 12.6. The fraction of sp³-hybridized carbons (Fsp3) is 0.625. The molecule has 116 valence electrons. The smallest absolute Gasteiger partial charge is 0.308 e. The first-order valence-corrected chi connectivity index (χ1v) is 7.64. The lowest BCUT2D eigenvalue weighted by Gasteiger charge is -2.36. The van der Waals surface area contributed by atoms with Crippen molar-refractivity contribution in [3.63, 3.8) is 0 Å². The number of hydrogen-bond acceptors (Lipinski definition) is 3. The largest absolute Gasteiger partial charge is 0.481 e. The van der Waals surface area contributed by atoms with E-state index in [0.29, 0.717) is 18.7 Å². The number of aryl methyl sites for hydroxylation is 2. The number of carboxylic acid groups (broad SMARTS) is 1. The normalized spacial score (nSPS) is 22.3. The molecule has 0 bridgehead atoms. The summed E-state index contributed by atoms with van der Waals surface area (Å²) in [5, 5.41) is 9.24. The van der Waals surface area contributed by atoms with E-state index in [1.807, 2.05) is 13.8 Å². The van der Waals surface area contributed by atoms with Gasteiger partial charge in [-0.1, -0.05) is 13.8 Å². The van der Waals surface area contributed by atoms with Crippen LogP contribution < -0.4 is 0 Å². The summed E-state index contributed by atoms with van der Waals surface area (Å²) in [6.07, 6.45) is 2.92. The Hall–Kier alpha value is -1.78. The molecule has 1 N–H and O–H groups in total. The summed E-state index contributed by atoms with van der Waals surface area (Å²) in [6.45, 7) is 6.42. The van der Waals surface area contributed by atoms with Crippen molar-refractivity contribution < 1.29 is 19.1 Å². The van der Waals surface area contributed by atoms with Gasteiger partial charge in [-0.2, -0.15) is 0 Å². The lowest BCUT2D eigenvalue weighted by atomic mass is 9.90. The fourth-order valence-electron chi connectivity index (χ4n) is 3.07. The zero-order chi connectivity index (χ0) is 15.6. The van der Waals surface area contributed by atoms with Gasteiger partial charge in [0, 0.05) is 19.0 Å². The van der Waals surface area contributed by atoms with E-state index in [-0.39, 0.29) is 11.9 Å². The minimum atomic E-state index is -0.831. The van der Waals surface area contributed by atoms with Crippen molar-refractivity contribution in [2.75, 3.05) is 6.54 Å². The van der Waals surface area contributed by atoms with Crippen LogP contribution in [0.3, 0.4) is 0 Å². The minimum Gasteiger partial charge on any atom is -0.481 e. The Morgan fingerprint density at radius 1 is 1.38 bits per heavy atom. The van der Waals surface area contributed by atoms with E-state index in [2.05, 4.69) is 0 Å². The van der Waals surface area contributed by atoms with Crippen LogP contribution in [0.25, 0.3) is 0 Å². The Labute approximate surface area is 124 Å². The van der Waals surface area contributed by atoms with Gasteiger partial charge in [-0.15, -0.1) is 0 Å². The highest BCUT2D eigenvalue weighted by molar-refractivity contribution is 5.92. The number of piperidine rings is 1. The lowest BCUT2D eigenvalue weighted by molar-refractivity contribution is -0.145. The Balaban J connectivity index is 2.22. The van der Waals surface area contributed by atoms with Gasteiger partial charge in [-0.25, -0.2) is 0 Å². The molecule has 0 radical (unpaired) electrons. The van der Waals surface area contributed by atoms with Crippen LogP contribution in [0.4, 0.5) is 0 Å².